The summed E-state index contributed by atoms with van der Waals surface area (Å²) in [5, 5.41) is 22.0. The molecule has 0 aliphatic heterocycles. The summed E-state index contributed by atoms with van der Waals surface area (Å²) < 4.78 is 4.87. The van der Waals surface area contributed by atoms with Gasteiger partial charge in [-0.05, 0) is 6.42 Å². The number of hydrogen-bond acceptors (Lipinski definition) is 4. The zero-order valence-corrected chi connectivity index (χ0v) is 9.40. The predicted octanol–water partition coefficient (Wildman–Crippen LogP) is -0.844. The number of aliphatic carboxylic acids is 1. The molecular weight excluding hydrogens is 216 g/mol. The van der Waals surface area contributed by atoms with Gasteiger partial charge in [-0.1, -0.05) is 6.92 Å². The van der Waals surface area contributed by atoms with Crippen molar-refractivity contribution in [1.82, 2.24) is 10.6 Å². The lowest BCUT2D eigenvalue weighted by Crippen LogP contribution is -2.51. The number of amides is 2. The van der Waals surface area contributed by atoms with Crippen molar-refractivity contribution in [2.75, 3.05) is 20.3 Å². The molecule has 0 bridgehead atoms. The molecule has 16 heavy (non-hydrogen) atoms. The van der Waals surface area contributed by atoms with Gasteiger partial charge in [0.05, 0.1) is 19.3 Å². The van der Waals surface area contributed by atoms with E-state index < -0.39 is 24.6 Å². The maximum absolute atomic E-state index is 11.3. The molecule has 1 unspecified atom stereocenters. The molecule has 0 saturated heterocycles. The first-order valence-electron chi connectivity index (χ1n) is 4.94. The van der Waals surface area contributed by atoms with Crippen LogP contribution in [0.4, 0.5) is 4.79 Å². The zero-order valence-electron chi connectivity index (χ0n) is 9.40. The van der Waals surface area contributed by atoms with Crippen LogP contribution in [0.2, 0.25) is 0 Å². The highest BCUT2D eigenvalue weighted by atomic mass is 16.5. The van der Waals surface area contributed by atoms with Crippen molar-refractivity contribution in [3.8, 4) is 0 Å². The van der Waals surface area contributed by atoms with Gasteiger partial charge in [-0.15, -0.1) is 0 Å². The quantitative estimate of drug-likeness (QED) is 0.459. The highest BCUT2D eigenvalue weighted by molar-refractivity contribution is 5.82. The van der Waals surface area contributed by atoms with Gasteiger partial charge in [-0.25, -0.2) is 9.59 Å². The highest BCUT2D eigenvalue weighted by Gasteiger charge is 2.19. The fourth-order valence-corrected chi connectivity index (χ4v) is 1.03. The number of rotatable bonds is 7. The highest BCUT2D eigenvalue weighted by Crippen LogP contribution is 1.91. The van der Waals surface area contributed by atoms with Crippen LogP contribution in [0.25, 0.3) is 0 Å². The number of carboxylic acids is 1. The summed E-state index contributed by atoms with van der Waals surface area (Å²) in [5.41, 5.74) is 0. The number of aliphatic hydroxyl groups is 1. The Balaban J connectivity index is 4.09. The Labute approximate surface area is 93.8 Å². The van der Waals surface area contributed by atoms with Gasteiger partial charge >= 0.3 is 12.0 Å². The van der Waals surface area contributed by atoms with Crippen molar-refractivity contribution >= 4 is 12.0 Å². The van der Waals surface area contributed by atoms with Crippen LogP contribution in [-0.2, 0) is 9.53 Å². The molecule has 4 N–H and O–H groups in total. The molecule has 0 aromatic heterocycles. The number of carbonyl (C=O) groups is 2. The van der Waals surface area contributed by atoms with Crippen molar-refractivity contribution < 1.29 is 24.5 Å². The van der Waals surface area contributed by atoms with Gasteiger partial charge in [0.25, 0.3) is 0 Å². The van der Waals surface area contributed by atoms with Gasteiger partial charge in [0.2, 0.25) is 0 Å². The average Bonchev–Trinajstić information content (AvgIpc) is 2.24. The zero-order chi connectivity index (χ0) is 12.6. The van der Waals surface area contributed by atoms with Gasteiger partial charge in [-0.2, -0.15) is 0 Å². The number of methoxy groups -OCH3 is 1. The minimum Gasteiger partial charge on any atom is -0.480 e. The van der Waals surface area contributed by atoms with Crippen LogP contribution in [0, 0.1) is 0 Å². The van der Waals surface area contributed by atoms with Crippen LogP contribution in [-0.4, -0.2) is 54.6 Å². The number of ether oxygens (including phenoxy) is 1. The van der Waals surface area contributed by atoms with E-state index in [1.165, 1.54) is 7.11 Å². The van der Waals surface area contributed by atoms with Crippen LogP contribution in [0.15, 0.2) is 0 Å². The Kier molecular flexibility index (Phi) is 7.23. The lowest BCUT2D eigenvalue weighted by molar-refractivity contribution is -0.140. The van der Waals surface area contributed by atoms with Gasteiger partial charge in [0, 0.05) is 7.11 Å². The monoisotopic (exact) mass is 234 g/mol. The van der Waals surface area contributed by atoms with Crippen LogP contribution in [0.1, 0.15) is 13.3 Å². The molecule has 0 fully saturated rings. The van der Waals surface area contributed by atoms with E-state index in [1.807, 2.05) is 6.92 Å². The average molecular weight is 234 g/mol. The van der Waals surface area contributed by atoms with Crippen molar-refractivity contribution in [3.63, 3.8) is 0 Å². The molecule has 7 nitrogen and oxygen atoms in total. The van der Waals surface area contributed by atoms with Gasteiger partial charge in [0.1, 0.15) is 0 Å². The molecule has 0 aliphatic rings. The largest absolute Gasteiger partial charge is 0.480 e. The van der Waals surface area contributed by atoms with Gasteiger partial charge < -0.3 is 25.6 Å². The normalized spacial score (nSPS) is 13.9. The second kappa shape index (κ2) is 7.89. The topological polar surface area (TPSA) is 108 Å². The first kappa shape index (κ1) is 14.7. The van der Waals surface area contributed by atoms with E-state index in [2.05, 4.69) is 10.6 Å². The molecule has 0 rings (SSSR count). The summed E-state index contributed by atoms with van der Waals surface area (Å²) in [6, 6.07) is -2.11. The number of hydrogen-bond donors (Lipinski definition) is 4. The van der Waals surface area contributed by atoms with Gasteiger partial charge in [0.15, 0.2) is 6.04 Å². The van der Waals surface area contributed by atoms with Crippen LogP contribution < -0.4 is 10.6 Å². The van der Waals surface area contributed by atoms with E-state index in [4.69, 9.17) is 14.9 Å². The molecule has 2 atom stereocenters. The number of carboxylic acid groups (broad SMARTS) is 1. The number of aliphatic hydroxyl groups excluding tert-OH is 1. The summed E-state index contributed by atoms with van der Waals surface area (Å²) in [6.45, 7) is 1.56. The Bertz CT molecular complexity index is 234. The minimum absolute atomic E-state index is 0.182. The van der Waals surface area contributed by atoms with E-state index in [0.29, 0.717) is 13.0 Å². The Morgan fingerprint density at radius 1 is 1.38 bits per heavy atom. The predicted molar refractivity (Wildman–Crippen MR) is 56.1 cm³/mol. The molecule has 94 valence electrons. The summed E-state index contributed by atoms with van der Waals surface area (Å²) in [7, 11) is 1.51. The minimum atomic E-state index is -1.29. The molecule has 0 saturated carbocycles. The second-order valence-electron chi connectivity index (χ2n) is 3.25. The van der Waals surface area contributed by atoms with Crippen LogP contribution in [0.5, 0.6) is 0 Å². The van der Waals surface area contributed by atoms with E-state index >= 15 is 0 Å². The first-order valence-corrected chi connectivity index (χ1v) is 4.94. The molecule has 0 heterocycles. The summed E-state index contributed by atoms with van der Waals surface area (Å²) >= 11 is 0. The third-order valence-corrected chi connectivity index (χ3v) is 1.98. The number of nitrogens with one attached hydrogen (secondary N) is 2. The van der Waals surface area contributed by atoms with E-state index in [9.17, 15) is 9.59 Å². The molecule has 7 heteroatoms. The summed E-state index contributed by atoms with van der Waals surface area (Å²) in [5.74, 6) is -1.28. The smallest absolute Gasteiger partial charge is 0.328 e. The molecule has 0 aromatic rings. The number of urea groups is 1. The van der Waals surface area contributed by atoms with E-state index in [1.54, 1.807) is 0 Å². The molecule has 2 amide bonds. The molecular formula is C9H18N2O5. The molecule has 0 spiro atoms. The standard InChI is InChI=1S/C9H18N2O5/c1-3-6(5-16-2)10-9(15)11-7(4-12)8(13)14/h6-7,12H,3-5H2,1-2H3,(H,13,14)(H2,10,11,15)/t6?,7-/m0/s1. The van der Waals surface area contributed by atoms with Crippen molar-refractivity contribution in [3.05, 3.63) is 0 Å². The maximum atomic E-state index is 11.3. The first-order chi connectivity index (χ1) is 7.54. The Morgan fingerprint density at radius 2 is 2.00 bits per heavy atom. The second-order valence-corrected chi connectivity index (χ2v) is 3.25. The molecule has 0 aliphatic carbocycles. The molecule has 0 aromatic carbocycles. The van der Waals surface area contributed by atoms with Gasteiger partial charge in [-0.3, -0.25) is 0 Å². The maximum Gasteiger partial charge on any atom is 0.328 e. The SMILES string of the molecule is CCC(COC)NC(=O)N[C@@H](CO)C(=O)O. The summed E-state index contributed by atoms with van der Waals surface area (Å²) in [4.78, 5) is 21.8. The Hall–Kier alpha value is -1.34. The summed E-state index contributed by atoms with van der Waals surface area (Å²) in [6.07, 6.45) is 0.665. The van der Waals surface area contributed by atoms with Crippen molar-refractivity contribution in [1.29, 1.82) is 0 Å². The Morgan fingerprint density at radius 3 is 2.38 bits per heavy atom. The number of carbonyl (C=O) groups excluding carboxylic acids is 1. The van der Waals surface area contributed by atoms with Crippen molar-refractivity contribution in [2.24, 2.45) is 0 Å². The van der Waals surface area contributed by atoms with Crippen molar-refractivity contribution in [2.45, 2.75) is 25.4 Å². The molecule has 0 radical (unpaired) electrons. The lowest BCUT2D eigenvalue weighted by atomic mass is 10.2. The van der Waals surface area contributed by atoms with E-state index in [-0.39, 0.29) is 6.04 Å². The fraction of sp³-hybridized carbons (Fsp3) is 0.778. The van der Waals surface area contributed by atoms with Crippen LogP contribution in [0.3, 0.4) is 0 Å². The fourth-order valence-electron chi connectivity index (χ4n) is 1.03. The lowest BCUT2D eigenvalue weighted by Gasteiger charge is -2.18. The third-order valence-electron chi connectivity index (χ3n) is 1.98. The third kappa shape index (κ3) is 5.52. The van der Waals surface area contributed by atoms with E-state index in [0.717, 1.165) is 0 Å². The van der Waals surface area contributed by atoms with Crippen LogP contribution >= 0.6 is 0 Å².